The first-order chi connectivity index (χ1) is 9.49. The Labute approximate surface area is 125 Å². The van der Waals surface area contributed by atoms with Crippen molar-refractivity contribution in [2.75, 3.05) is 6.54 Å². The second-order valence-corrected chi connectivity index (χ2v) is 6.33. The molecule has 5 nitrogen and oxygen atoms in total. The molecule has 0 bridgehead atoms. The van der Waals surface area contributed by atoms with Gasteiger partial charge in [0, 0.05) is 11.0 Å². The number of amidine groups is 1. The molecule has 1 amide bonds. The zero-order valence-corrected chi connectivity index (χ0v) is 12.6. The van der Waals surface area contributed by atoms with E-state index in [0.29, 0.717) is 18.8 Å². The van der Waals surface area contributed by atoms with Crippen LogP contribution in [0.15, 0.2) is 33.7 Å². The number of aliphatic hydroxyl groups is 1. The van der Waals surface area contributed by atoms with Crippen molar-refractivity contribution in [1.82, 2.24) is 10.6 Å². The van der Waals surface area contributed by atoms with E-state index in [4.69, 9.17) is 0 Å². The molecule has 20 heavy (non-hydrogen) atoms. The van der Waals surface area contributed by atoms with E-state index in [1.807, 2.05) is 31.2 Å². The third-order valence-electron chi connectivity index (χ3n) is 3.89. The lowest BCUT2D eigenvalue weighted by Crippen LogP contribution is -2.47. The van der Waals surface area contributed by atoms with Crippen LogP contribution >= 0.6 is 15.9 Å². The topological polar surface area (TPSA) is 73.7 Å². The normalized spacial score (nSPS) is 33.1. The zero-order valence-electron chi connectivity index (χ0n) is 11.1. The van der Waals surface area contributed by atoms with Crippen LogP contribution in [0.2, 0.25) is 0 Å². The van der Waals surface area contributed by atoms with Crippen molar-refractivity contribution >= 4 is 27.7 Å². The molecule has 0 spiro atoms. The van der Waals surface area contributed by atoms with E-state index in [1.54, 1.807) is 0 Å². The van der Waals surface area contributed by atoms with Crippen molar-refractivity contribution in [3.8, 4) is 0 Å². The Morgan fingerprint density at radius 2 is 2.10 bits per heavy atom. The molecule has 1 aromatic carbocycles. The predicted molar refractivity (Wildman–Crippen MR) is 79.5 cm³/mol. The van der Waals surface area contributed by atoms with Crippen molar-refractivity contribution in [1.29, 1.82) is 0 Å². The molecule has 0 radical (unpaired) electrons. The van der Waals surface area contributed by atoms with E-state index in [1.165, 1.54) is 0 Å². The summed E-state index contributed by atoms with van der Waals surface area (Å²) in [5.41, 5.74) is 0.0497. The minimum Gasteiger partial charge on any atom is -0.392 e. The molecule has 0 saturated carbocycles. The first-order valence-electron chi connectivity index (χ1n) is 6.58. The predicted octanol–water partition coefficient (Wildman–Crippen LogP) is 0.915. The largest absolute Gasteiger partial charge is 0.392 e. The Bertz CT molecular complexity index is 572. The summed E-state index contributed by atoms with van der Waals surface area (Å²) in [4.78, 5) is 16.4. The van der Waals surface area contributed by atoms with Gasteiger partial charge in [-0.05, 0) is 31.0 Å². The van der Waals surface area contributed by atoms with Crippen molar-refractivity contribution in [3.63, 3.8) is 0 Å². The van der Waals surface area contributed by atoms with Crippen LogP contribution in [-0.2, 0) is 10.3 Å². The van der Waals surface area contributed by atoms with Gasteiger partial charge in [-0.25, -0.2) is 0 Å². The number of hydrogen-bond donors (Lipinski definition) is 3. The minimum atomic E-state index is -0.828. The van der Waals surface area contributed by atoms with Crippen LogP contribution < -0.4 is 10.6 Å². The quantitative estimate of drug-likeness (QED) is 0.750. The van der Waals surface area contributed by atoms with Crippen LogP contribution in [0.4, 0.5) is 0 Å². The van der Waals surface area contributed by atoms with Crippen LogP contribution in [0.3, 0.4) is 0 Å². The smallest absolute Gasteiger partial charge is 0.277 e. The van der Waals surface area contributed by atoms with Crippen molar-refractivity contribution < 1.29 is 9.90 Å². The summed E-state index contributed by atoms with van der Waals surface area (Å²) < 4.78 is 0.969. The van der Waals surface area contributed by atoms with Gasteiger partial charge in [-0.3, -0.25) is 4.79 Å². The van der Waals surface area contributed by atoms with Crippen LogP contribution in [0, 0.1) is 0 Å². The van der Waals surface area contributed by atoms with Crippen molar-refractivity contribution in [3.05, 3.63) is 34.3 Å². The summed E-state index contributed by atoms with van der Waals surface area (Å²) in [7, 11) is 0. The number of benzene rings is 1. The third-order valence-corrected chi connectivity index (χ3v) is 4.42. The van der Waals surface area contributed by atoms with Gasteiger partial charge in [-0.15, -0.1) is 0 Å². The number of nitrogens with zero attached hydrogens (tertiary/aromatic N) is 1. The Kier molecular flexibility index (Phi) is 3.40. The summed E-state index contributed by atoms with van der Waals surface area (Å²) in [5.74, 6) is 0.426. The minimum absolute atomic E-state index is 0.0776. The standard InChI is InChI=1S/C14H16BrN3O2/c1-14(8-2-4-9(15)5-3-8)13(20)17-12(18-14)11-6-10(19)7-16-11/h2-5,10-11,16,19H,6-7H2,1H3,(H,17,18,20)/t10-,11?,14?/m1/s1. The number of nitrogens with one attached hydrogen (secondary N) is 2. The van der Waals surface area contributed by atoms with Gasteiger partial charge in [-0.1, -0.05) is 28.1 Å². The van der Waals surface area contributed by atoms with E-state index in [9.17, 15) is 9.90 Å². The number of amides is 1. The van der Waals surface area contributed by atoms with Gasteiger partial charge >= 0.3 is 0 Å². The van der Waals surface area contributed by atoms with Crippen molar-refractivity contribution in [2.24, 2.45) is 4.99 Å². The van der Waals surface area contributed by atoms with Gasteiger partial charge in [0.2, 0.25) is 0 Å². The summed E-state index contributed by atoms with van der Waals surface area (Å²) in [6.07, 6.45) is 0.203. The molecule has 0 aromatic heterocycles. The number of aliphatic hydroxyl groups excluding tert-OH is 1. The highest BCUT2D eigenvalue weighted by Crippen LogP contribution is 2.28. The molecule has 106 valence electrons. The molecule has 1 fully saturated rings. The van der Waals surface area contributed by atoms with Gasteiger partial charge in [0.25, 0.3) is 5.91 Å². The molecule has 1 saturated heterocycles. The lowest BCUT2D eigenvalue weighted by Gasteiger charge is -2.24. The van der Waals surface area contributed by atoms with Gasteiger partial charge in [0.1, 0.15) is 11.4 Å². The number of carbonyl (C=O) groups is 1. The van der Waals surface area contributed by atoms with E-state index in [2.05, 4.69) is 31.6 Å². The highest BCUT2D eigenvalue weighted by atomic mass is 79.9. The maximum Gasteiger partial charge on any atom is 0.277 e. The van der Waals surface area contributed by atoms with Gasteiger partial charge in [0.15, 0.2) is 0 Å². The summed E-state index contributed by atoms with van der Waals surface area (Å²) in [5, 5.41) is 16.0. The van der Waals surface area contributed by atoms with Crippen LogP contribution in [-0.4, -0.2) is 35.5 Å². The monoisotopic (exact) mass is 337 g/mol. The maximum absolute atomic E-state index is 12.3. The first-order valence-corrected chi connectivity index (χ1v) is 7.37. The number of aliphatic imine (C=N–C) groups is 1. The fourth-order valence-electron chi connectivity index (χ4n) is 2.63. The number of β-amino-alcohol motifs (C(OH)–C–C–N with tert-alkyl or cyclic N) is 1. The second kappa shape index (κ2) is 4.95. The highest BCUT2D eigenvalue weighted by molar-refractivity contribution is 9.10. The number of carbonyl (C=O) groups excluding carboxylic acids is 1. The lowest BCUT2D eigenvalue weighted by molar-refractivity contribution is -0.122. The molecule has 2 aliphatic heterocycles. The maximum atomic E-state index is 12.3. The fourth-order valence-corrected chi connectivity index (χ4v) is 2.89. The van der Waals surface area contributed by atoms with E-state index in [-0.39, 0.29) is 18.1 Å². The molecular formula is C14H16BrN3O2. The third kappa shape index (κ3) is 2.28. The highest BCUT2D eigenvalue weighted by Gasteiger charge is 2.43. The molecule has 0 aliphatic carbocycles. The molecule has 3 rings (SSSR count). The Morgan fingerprint density at radius 1 is 1.40 bits per heavy atom. The summed E-state index contributed by atoms with van der Waals surface area (Å²) in [6, 6.07) is 7.55. The van der Waals surface area contributed by atoms with E-state index in [0.717, 1.165) is 10.0 Å². The molecule has 1 aromatic rings. The Morgan fingerprint density at radius 3 is 2.70 bits per heavy atom. The Hall–Kier alpha value is -1.24. The summed E-state index contributed by atoms with van der Waals surface area (Å²) in [6.45, 7) is 2.37. The molecule has 2 heterocycles. The van der Waals surface area contributed by atoms with E-state index < -0.39 is 5.54 Å². The average molecular weight is 338 g/mol. The van der Waals surface area contributed by atoms with Gasteiger partial charge < -0.3 is 15.7 Å². The number of halogens is 1. The van der Waals surface area contributed by atoms with E-state index >= 15 is 0 Å². The van der Waals surface area contributed by atoms with Gasteiger partial charge in [0.05, 0.1) is 12.1 Å². The molecule has 6 heteroatoms. The molecule has 2 aliphatic rings. The first kappa shape index (κ1) is 13.7. The second-order valence-electron chi connectivity index (χ2n) is 5.41. The fraction of sp³-hybridized carbons (Fsp3) is 0.429. The summed E-state index contributed by atoms with van der Waals surface area (Å²) >= 11 is 3.39. The van der Waals surface area contributed by atoms with Crippen LogP contribution in [0.1, 0.15) is 18.9 Å². The van der Waals surface area contributed by atoms with Crippen molar-refractivity contribution in [2.45, 2.75) is 31.0 Å². The van der Waals surface area contributed by atoms with Crippen LogP contribution in [0.25, 0.3) is 0 Å². The van der Waals surface area contributed by atoms with Crippen LogP contribution in [0.5, 0.6) is 0 Å². The number of rotatable bonds is 2. The molecular weight excluding hydrogens is 322 g/mol. The Balaban J connectivity index is 1.83. The number of hydrogen-bond acceptors (Lipinski definition) is 4. The molecule has 3 N–H and O–H groups in total. The SMILES string of the molecule is CC1(c2ccc(Br)cc2)NC(C2C[C@@H](O)CN2)=NC1=O. The lowest BCUT2D eigenvalue weighted by atomic mass is 9.92. The van der Waals surface area contributed by atoms with Gasteiger partial charge in [-0.2, -0.15) is 4.99 Å². The average Bonchev–Trinajstić information content (AvgIpc) is 2.96. The molecule has 2 unspecified atom stereocenters. The zero-order chi connectivity index (χ0) is 14.3. The molecule has 3 atom stereocenters.